The van der Waals surface area contributed by atoms with Crippen molar-refractivity contribution >= 4 is 11.8 Å². The van der Waals surface area contributed by atoms with Gasteiger partial charge in [-0.25, -0.2) is 0 Å². The summed E-state index contributed by atoms with van der Waals surface area (Å²) in [5.41, 5.74) is 0. The molecule has 92 valence electrons. The quantitative estimate of drug-likeness (QED) is 0.837. The first-order valence-electron chi connectivity index (χ1n) is 5.56. The van der Waals surface area contributed by atoms with Crippen LogP contribution in [0.3, 0.4) is 0 Å². The van der Waals surface area contributed by atoms with Gasteiger partial charge in [0.15, 0.2) is 5.82 Å². The second kappa shape index (κ2) is 4.99. The van der Waals surface area contributed by atoms with Crippen LogP contribution in [0, 0.1) is 5.92 Å². The van der Waals surface area contributed by atoms with Crippen LogP contribution in [0.5, 0.6) is 5.88 Å². The third kappa shape index (κ3) is 2.64. The molecule has 1 aliphatic rings. The molecule has 1 saturated heterocycles. The van der Waals surface area contributed by atoms with Gasteiger partial charge in [-0.05, 0) is 18.9 Å². The zero-order valence-corrected chi connectivity index (χ0v) is 9.67. The summed E-state index contributed by atoms with van der Waals surface area (Å²) < 4.78 is 4.94. The molecule has 0 amide bonds. The topological polar surface area (TPSA) is 75.5 Å². The zero-order valence-electron chi connectivity index (χ0n) is 9.67. The standard InChI is InChI=1S/C11H15N3O3/c1-17-10-3-2-9(12-13-10)14-6-4-8(5-7-14)11(15)16/h2-3,8H,4-7H2,1H3,(H,15,16). The van der Waals surface area contributed by atoms with Crippen molar-refractivity contribution in [2.24, 2.45) is 5.92 Å². The Balaban J connectivity index is 1.97. The first-order valence-corrected chi connectivity index (χ1v) is 5.56. The minimum Gasteiger partial charge on any atom is -0.481 e. The van der Waals surface area contributed by atoms with Crippen molar-refractivity contribution in [3.63, 3.8) is 0 Å². The maximum atomic E-state index is 10.8. The Morgan fingerprint density at radius 3 is 2.59 bits per heavy atom. The highest BCUT2D eigenvalue weighted by Gasteiger charge is 2.25. The van der Waals surface area contributed by atoms with E-state index in [0.29, 0.717) is 31.8 Å². The van der Waals surface area contributed by atoms with Crippen molar-refractivity contribution in [2.45, 2.75) is 12.8 Å². The van der Waals surface area contributed by atoms with Crippen molar-refractivity contribution in [1.82, 2.24) is 10.2 Å². The number of ether oxygens (including phenoxy) is 1. The van der Waals surface area contributed by atoms with Gasteiger partial charge < -0.3 is 14.7 Å². The largest absolute Gasteiger partial charge is 0.481 e. The Bertz CT molecular complexity index is 385. The lowest BCUT2D eigenvalue weighted by Crippen LogP contribution is -2.36. The van der Waals surface area contributed by atoms with Gasteiger partial charge in [-0.15, -0.1) is 10.2 Å². The van der Waals surface area contributed by atoms with Gasteiger partial charge in [0.1, 0.15) is 0 Å². The maximum absolute atomic E-state index is 10.8. The van der Waals surface area contributed by atoms with Crippen LogP contribution in [0.15, 0.2) is 12.1 Å². The fraction of sp³-hybridized carbons (Fsp3) is 0.545. The molecule has 0 radical (unpaired) electrons. The number of hydrogen-bond acceptors (Lipinski definition) is 5. The molecule has 17 heavy (non-hydrogen) atoms. The molecular weight excluding hydrogens is 222 g/mol. The second-order valence-electron chi connectivity index (χ2n) is 4.03. The summed E-state index contributed by atoms with van der Waals surface area (Å²) in [7, 11) is 1.54. The lowest BCUT2D eigenvalue weighted by atomic mass is 9.97. The van der Waals surface area contributed by atoms with Gasteiger partial charge in [0.25, 0.3) is 0 Å². The first kappa shape index (κ1) is 11.6. The van der Waals surface area contributed by atoms with E-state index in [2.05, 4.69) is 10.2 Å². The zero-order chi connectivity index (χ0) is 12.3. The molecular formula is C11H15N3O3. The molecule has 1 aromatic heterocycles. The van der Waals surface area contributed by atoms with Crippen LogP contribution in [-0.4, -0.2) is 41.5 Å². The van der Waals surface area contributed by atoms with E-state index in [9.17, 15) is 4.79 Å². The lowest BCUT2D eigenvalue weighted by molar-refractivity contribution is -0.142. The molecule has 0 spiro atoms. The van der Waals surface area contributed by atoms with E-state index >= 15 is 0 Å². The van der Waals surface area contributed by atoms with Gasteiger partial charge in [0.05, 0.1) is 13.0 Å². The summed E-state index contributed by atoms with van der Waals surface area (Å²) in [6.45, 7) is 1.41. The Hall–Kier alpha value is -1.85. The van der Waals surface area contributed by atoms with E-state index < -0.39 is 5.97 Å². The predicted octanol–water partition coefficient (Wildman–Crippen LogP) is 0.786. The van der Waals surface area contributed by atoms with E-state index in [1.165, 1.54) is 0 Å². The van der Waals surface area contributed by atoms with E-state index in [1.807, 2.05) is 11.0 Å². The molecule has 0 bridgehead atoms. The number of hydrogen-bond donors (Lipinski definition) is 1. The average molecular weight is 237 g/mol. The molecule has 6 nitrogen and oxygen atoms in total. The summed E-state index contributed by atoms with van der Waals surface area (Å²) in [6, 6.07) is 3.60. The van der Waals surface area contributed by atoms with Crippen LogP contribution in [0.25, 0.3) is 0 Å². The molecule has 0 aromatic carbocycles. The normalized spacial score (nSPS) is 16.9. The van der Waals surface area contributed by atoms with Crippen molar-refractivity contribution in [3.05, 3.63) is 12.1 Å². The van der Waals surface area contributed by atoms with Crippen LogP contribution < -0.4 is 9.64 Å². The number of piperidine rings is 1. The monoisotopic (exact) mass is 237 g/mol. The molecule has 2 heterocycles. The van der Waals surface area contributed by atoms with Gasteiger partial charge in [-0.2, -0.15) is 0 Å². The fourth-order valence-electron chi connectivity index (χ4n) is 1.95. The highest BCUT2D eigenvalue weighted by molar-refractivity contribution is 5.70. The summed E-state index contributed by atoms with van der Waals surface area (Å²) in [4.78, 5) is 12.9. The highest BCUT2D eigenvalue weighted by atomic mass is 16.5. The molecule has 1 aromatic rings. The van der Waals surface area contributed by atoms with Crippen LogP contribution in [-0.2, 0) is 4.79 Å². The molecule has 1 fully saturated rings. The van der Waals surface area contributed by atoms with Gasteiger partial charge in [-0.3, -0.25) is 4.79 Å². The lowest BCUT2D eigenvalue weighted by Gasteiger charge is -2.30. The average Bonchev–Trinajstić information content (AvgIpc) is 2.39. The summed E-state index contributed by atoms with van der Waals surface area (Å²) in [6.07, 6.45) is 1.31. The molecule has 0 aliphatic carbocycles. The molecule has 0 unspecified atom stereocenters. The van der Waals surface area contributed by atoms with Gasteiger partial charge >= 0.3 is 5.97 Å². The Morgan fingerprint density at radius 1 is 1.41 bits per heavy atom. The van der Waals surface area contributed by atoms with Crippen LogP contribution in [0.4, 0.5) is 5.82 Å². The van der Waals surface area contributed by atoms with Crippen LogP contribution >= 0.6 is 0 Å². The predicted molar refractivity (Wildman–Crippen MR) is 61.2 cm³/mol. The third-order valence-corrected chi connectivity index (χ3v) is 3.00. The molecule has 2 rings (SSSR count). The SMILES string of the molecule is COc1ccc(N2CCC(C(=O)O)CC2)nn1. The van der Waals surface area contributed by atoms with Crippen molar-refractivity contribution < 1.29 is 14.6 Å². The van der Waals surface area contributed by atoms with E-state index in [0.717, 1.165) is 5.82 Å². The summed E-state index contributed by atoms with van der Waals surface area (Å²) >= 11 is 0. The van der Waals surface area contributed by atoms with Gasteiger partial charge in [-0.1, -0.05) is 0 Å². The smallest absolute Gasteiger partial charge is 0.306 e. The van der Waals surface area contributed by atoms with E-state index in [1.54, 1.807) is 13.2 Å². The number of aliphatic carboxylic acids is 1. The van der Waals surface area contributed by atoms with Crippen molar-refractivity contribution in [1.29, 1.82) is 0 Å². The van der Waals surface area contributed by atoms with Gasteiger partial charge in [0.2, 0.25) is 5.88 Å². The van der Waals surface area contributed by atoms with E-state index in [4.69, 9.17) is 9.84 Å². The number of nitrogens with zero attached hydrogens (tertiary/aromatic N) is 3. The minimum atomic E-state index is -0.703. The summed E-state index contributed by atoms with van der Waals surface area (Å²) in [5, 5.41) is 16.8. The summed E-state index contributed by atoms with van der Waals surface area (Å²) in [5.74, 6) is 0.326. The van der Waals surface area contributed by atoms with Crippen LogP contribution in [0.1, 0.15) is 12.8 Å². The number of aromatic nitrogens is 2. The number of carboxylic acid groups (broad SMARTS) is 1. The Kier molecular flexibility index (Phi) is 3.41. The minimum absolute atomic E-state index is 0.225. The Labute approximate surface area is 99.2 Å². The second-order valence-corrected chi connectivity index (χ2v) is 4.03. The van der Waals surface area contributed by atoms with Gasteiger partial charge in [0, 0.05) is 19.2 Å². The molecule has 0 atom stereocenters. The number of rotatable bonds is 3. The van der Waals surface area contributed by atoms with E-state index in [-0.39, 0.29) is 5.92 Å². The Morgan fingerprint density at radius 2 is 2.12 bits per heavy atom. The highest BCUT2D eigenvalue weighted by Crippen LogP contribution is 2.22. The maximum Gasteiger partial charge on any atom is 0.306 e. The molecule has 0 saturated carbocycles. The van der Waals surface area contributed by atoms with Crippen molar-refractivity contribution in [3.8, 4) is 5.88 Å². The number of anilines is 1. The van der Waals surface area contributed by atoms with Crippen LogP contribution in [0.2, 0.25) is 0 Å². The number of carboxylic acids is 1. The number of carbonyl (C=O) groups is 1. The van der Waals surface area contributed by atoms with Crippen molar-refractivity contribution in [2.75, 3.05) is 25.1 Å². The molecule has 1 aliphatic heterocycles. The third-order valence-electron chi connectivity index (χ3n) is 3.00. The fourth-order valence-corrected chi connectivity index (χ4v) is 1.95. The first-order chi connectivity index (χ1) is 8.20. The number of methoxy groups -OCH3 is 1. The molecule has 1 N–H and O–H groups in total. The molecule has 6 heteroatoms.